The van der Waals surface area contributed by atoms with Crippen molar-refractivity contribution < 1.29 is 14.6 Å². The van der Waals surface area contributed by atoms with Gasteiger partial charge in [-0.15, -0.1) is 0 Å². The minimum Gasteiger partial charge on any atom is -0.476 e. The Morgan fingerprint density at radius 2 is 2.31 bits per heavy atom. The number of aromatic nitrogens is 2. The highest BCUT2D eigenvalue weighted by atomic mass is 16.5. The maximum absolute atomic E-state index is 10.5. The van der Waals surface area contributed by atoms with Crippen LogP contribution in [0.3, 0.4) is 0 Å². The predicted octanol–water partition coefficient (Wildman–Crippen LogP) is 0.905. The van der Waals surface area contributed by atoms with Gasteiger partial charge in [-0.3, -0.25) is 0 Å². The van der Waals surface area contributed by atoms with Crippen molar-refractivity contribution in [2.45, 2.75) is 20.0 Å². The highest BCUT2D eigenvalue weighted by Crippen LogP contribution is 2.13. The van der Waals surface area contributed by atoms with E-state index in [-0.39, 0.29) is 11.8 Å². The molecule has 0 saturated heterocycles. The summed E-state index contributed by atoms with van der Waals surface area (Å²) in [4.78, 5) is 10.5. The molecule has 0 amide bonds. The number of ether oxygens (including phenoxy) is 1. The van der Waals surface area contributed by atoms with Gasteiger partial charge in [0.1, 0.15) is 0 Å². The molecule has 1 heterocycles. The number of aryl methyl sites for hydroxylation is 1. The van der Waals surface area contributed by atoms with E-state index in [2.05, 4.69) is 5.10 Å². The number of rotatable bonds is 3. The summed E-state index contributed by atoms with van der Waals surface area (Å²) in [5.74, 6) is -0.582. The van der Waals surface area contributed by atoms with Gasteiger partial charge in [-0.1, -0.05) is 0 Å². The first-order valence-corrected chi connectivity index (χ1v) is 3.94. The van der Waals surface area contributed by atoms with Crippen LogP contribution >= 0.6 is 0 Å². The van der Waals surface area contributed by atoms with Crippen LogP contribution in [0.15, 0.2) is 6.07 Å². The Labute approximate surface area is 75.9 Å². The third-order valence-corrected chi connectivity index (χ3v) is 1.41. The molecule has 72 valence electrons. The molecule has 1 aromatic heterocycles. The molecule has 0 radical (unpaired) electrons. The number of carbonyl (C=O) groups is 1. The first kappa shape index (κ1) is 9.57. The molecule has 13 heavy (non-hydrogen) atoms. The summed E-state index contributed by atoms with van der Waals surface area (Å²) in [5.41, 5.74) is -0.00171. The maximum atomic E-state index is 10.5. The second-order valence-electron chi connectivity index (χ2n) is 2.96. The van der Waals surface area contributed by atoms with Gasteiger partial charge >= 0.3 is 5.97 Å². The van der Waals surface area contributed by atoms with Crippen molar-refractivity contribution in [3.8, 4) is 5.88 Å². The predicted molar refractivity (Wildman–Crippen MR) is 45.9 cm³/mol. The van der Waals surface area contributed by atoms with Crippen LogP contribution in [-0.2, 0) is 7.05 Å². The lowest BCUT2D eigenvalue weighted by Gasteiger charge is -2.07. The van der Waals surface area contributed by atoms with Crippen molar-refractivity contribution in [1.29, 1.82) is 0 Å². The Morgan fingerprint density at radius 3 is 2.69 bits per heavy atom. The van der Waals surface area contributed by atoms with Crippen LogP contribution in [0.5, 0.6) is 5.88 Å². The van der Waals surface area contributed by atoms with E-state index in [1.165, 1.54) is 10.7 Å². The van der Waals surface area contributed by atoms with Gasteiger partial charge in [-0.2, -0.15) is 5.10 Å². The lowest BCUT2D eigenvalue weighted by molar-refractivity contribution is 0.0689. The molecule has 0 atom stereocenters. The molecule has 1 aromatic rings. The first-order valence-electron chi connectivity index (χ1n) is 3.94. The quantitative estimate of drug-likeness (QED) is 0.758. The standard InChI is InChI=1S/C8H12N2O3/c1-5(2)13-7-4-6(8(11)12)9-10(7)3/h4-5H,1-3H3,(H,11,12). The fourth-order valence-corrected chi connectivity index (χ4v) is 0.906. The molecular weight excluding hydrogens is 172 g/mol. The minimum atomic E-state index is -1.05. The molecule has 0 unspecified atom stereocenters. The van der Waals surface area contributed by atoms with Crippen molar-refractivity contribution in [2.24, 2.45) is 7.05 Å². The number of carboxylic acids is 1. The van der Waals surface area contributed by atoms with Gasteiger partial charge in [-0.05, 0) is 13.8 Å². The average molecular weight is 184 g/mol. The van der Waals surface area contributed by atoms with Gasteiger partial charge in [0.15, 0.2) is 5.69 Å². The molecule has 0 saturated carbocycles. The van der Waals surface area contributed by atoms with Crippen LogP contribution in [0, 0.1) is 0 Å². The summed E-state index contributed by atoms with van der Waals surface area (Å²) in [7, 11) is 1.64. The second kappa shape index (κ2) is 3.47. The smallest absolute Gasteiger partial charge is 0.356 e. The molecule has 5 heteroatoms. The molecule has 0 spiro atoms. The Balaban J connectivity index is 2.90. The summed E-state index contributed by atoms with van der Waals surface area (Å²) in [5, 5.41) is 12.4. The number of aromatic carboxylic acids is 1. The summed E-state index contributed by atoms with van der Waals surface area (Å²) < 4.78 is 6.72. The van der Waals surface area contributed by atoms with E-state index in [0.29, 0.717) is 5.88 Å². The van der Waals surface area contributed by atoms with Gasteiger partial charge in [0.25, 0.3) is 0 Å². The maximum Gasteiger partial charge on any atom is 0.356 e. The first-order chi connectivity index (χ1) is 6.00. The van der Waals surface area contributed by atoms with Crippen LogP contribution in [0.1, 0.15) is 24.3 Å². The lowest BCUT2D eigenvalue weighted by atomic mass is 10.4. The van der Waals surface area contributed by atoms with Crippen molar-refractivity contribution in [1.82, 2.24) is 9.78 Å². The SMILES string of the molecule is CC(C)Oc1cc(C(=O)O)nn1C. The minimum absolute atomic E-state index is 0.00171. The molecule has 0 bridgehead atoms. The topological polar surface area (TPSA) is 64.3 Å². The van der Waals surface area contributed by atoms with Crippen molar-refractivity contribution in [3.63, 3.8) is 0 Å². The Kier molecular flexibility index (Phi) is 2.55. The van der Waals surface area contributed by atoms with Gasteiger partial charge in [-0.25, -0.2) is 9.48 Å². The molecule has 0 aliphatic heterocycles. The molecule has 0 fully saturated rings. The molecule has 1 rings (SSSR count). The highest BCUT2D eigenvalue weighted by Gasteiger charge is 2.12. The second-order valence-corrected chi connectivity index (χ2v) is 2.96. The largest absolute Gasteiger partial charge is 0.476 e. The van der Waals surface area contributed by atoms with Gasteiger partial charge in [0.05, 0.1) is 6.10 Å². The summed E-state index contributed by atoms with van der Waals surface area (Å²) in [6.45, 7) is 3.74. The summed E-state index contributed by atoms with van der Waals surface area (Å²) in [6, 6.07) is 1.41. The van der Waals surface area contributed by atoms with Crippen LogP contribution in [0.25, 0.3) is 0 Å². The number of carboxylic acid groups (broad SMARTS) is 1. The average Bonchev–Trinajstić information content (AvgIpc) is 2.31. The Hall–Kier alpha value is -1.52. The van der Waals surface area contributed by atoms with Crippen LogP contribution < -0.4 is 4.74 Å². The molecule has 0 aliphatic carbocycles. The zero-order chi connectivity index (χ0) is 10.0. The Bertz CT molecular complexity index is 317. The number of hydrogen-bond donors (Lipinski definition) is 1. The molecule has 0 aromatic carbocycles. The number of nitrogens with zero attached hydrogens (tertiary/aromatic N) is 2. The fourth-order valence-electron chi connectivity index (χ4n) is 0.906. The molecule has 1 N–H and O–H groups in total. The Morgan fingerprint density at radius 1 is 1.69 bits per heavy atom. The lowest BCUT2D eigenvalue weighted by Crippen LogP contribution is -2.08. The van der Waals surface area contributed by atoms with E-state index in [0.717, 1.165) is 0 Å². The van der Waals surface area contributed by atoms with Crippen molar-refractivity contribution in [2.75, 3.05) is 0 Å². The summed E-state index contributed by atoms with van der Waals surface area (Å²) in [6.07, 6.45) is 0.0112. The zero-order valence-corrected chi connectivity index (χ0v) is 7.81. The van der Waals surface area contributed by atoms with E-state index in [9.17, 15) is 4.79 Å². The third-order valence-electron chi connectivity index (χ3n) is 1.41. The van der Waals surface area contributed by atoms with E-state index in [1.807, 2.05) is 13.8 Å². The van der Waals surface area contributed by atoms with E-state index < -0.39 is 5.97 Å². The van der Waals surface area contributed by atoms with Crippen LogP contribution in [-0.4, -0.2) is 27.0 Å². The van der Waals surface area contributed by atoms with E-state index in [4.69, 9.17) is 9.84 Å². The monoisotopic (exact) mass is 184 g/mol. The van der Waals surface area contributed by atoms with Gasteiger partial charge in [0, 0.05) is 13.1 Å². The van der Waals surface area contributed by atoms with Gasteiger partial charge < -0.3 is 9.84 Å². The fraction of sp³-hybridized carbons (Fsp3) is 0.500. The highest BCUT2D eigenvalue weighted by molar-refractivity contribution is 5.85. The van der Waals surface area contributed by atoms with Crippen molar-refractivity contribution in [3.05, 3.63) is 11.8 Å². The van der Waals surface area contributed by atoms with Crippen LogP contribution in [0.2, 0.25) is 0 Å². The third kappa shape index (κ3) is 2.21. The molecular formula is C8H12N2O3. The van der Waals surface area contributed by atoms with E-state index >= 15 is 0 Å². The molecule has 5 nitrogen and oxygen atoms in total. The number of hydrogen-bond acceptors (Lipinski definition) is 3. The van der Waals surface area contributed by atoms with Crippen molar-refractivity contribution >= 4 is 5.97 Å². The van der Waals surface area contributed by atoms with Crippen LogP contribution in [0.4, 0.5) is 0 Å². The summed E-state index contributed by atoms with van der Waals surface area (Å²) >= 11 is 0. The van der Waals surface area contributed by atoms with E-state index in [1.54, 1.807) is 7.05 Å². The normalized spacial score (nSPS) is 10.5. The van der Waals surface area contributed by atoms with Gasteiger partial charge in [0.2, 0.25) is 5.88 Å². The zero-order valence-electron chi connectivity index (χ0n) is 7.81. The molecule has 0 aliphatic rings.